The number of nitrogens with zero attached hydrogens (tertiary/aromatic N) is 2. The second-order valence-electron chi connectivity index (χ2n) is 5.54. The van der Waals surface area contributed by atoms with E-state index in [4.69, 9.17) is 10.5 Å². The molecule has 0 radical (unpaired) electrons. The van der Waals surface area contributed by atoms with Gasteiger partial charge in [0.05, 0.1) is 11.9 Å². The molecular formula is C15H15N3O2. The van der Waals surface area contributed by atoms with Gasteiger partial charge in [0.1, 0.15) is 17.0 Å². The van der Waals surface area contributed by atoms with Crippen LogP contribution in [0, 0.1) is 0 Å². The van der Waals surface area contributed by atoms with Crippen molar-refractivity contribution in [3.05, 3.63) is 35.8 Å². The van der Waals surface area contributed by atoms with Crippen molar-refractivity contribution >= 4 is 5.91 Å². The quantitative estimate of drug-likeness (QED) is 0.860. The third kappa shape index (κ3) is 1.27. The number of hydrogen-bond acceptors (Lipinski definition) is 3. The smallest absolute Gasteiger partial charge is 0.265 e. The average molecular weight is 269 g/mol. The van der Waals surface area contributed by atoms with E-state index in [2.05, 4.69) is 4.98 Å². The minimum Gasteiger partial charge on any atom is -0.480 e. The number of hydrogen-bond donors (Lipinski definition) is 1. The van der Waals surface area contributed by atoms with Crippen LogP contribution in [0.2, 0.25) is 0 Å². The molecule has 2 aliphatic rings. The van der Waals surface area contributed by atoms with Crippen LogP contribution in [-0.2, 0) is 12.6 Å². The van der Waals surface area contributed by atoms with Crippen LogP contribution in [0.4, 0.5) is 0 Å². The topological polar surface area (TPSA) is 70.1 Å². The first-order valence-electron chi connectivity index (χ1n) is 6.76. The number of pyridine rings is 1. The van der Waals surface area contributed by atoms with Crippen LogP contribution >= 0.6 is 0 Å². The number of primary amides is 1. The Labute approximate surface area is 116 Å². The van der Waals surface area contributed by atoms with Crippen LogP contribution in [0.15, 0.2) is 24.5 Å². The summed E-state index contributed by atoms with van der Waals surface area (Å²) in [5, 5.41) is 0. The Morgan fingerprint density at radius 2 is 2.30 bits per heavy atom. The van der Waals surface area contributed by atoms with Crippen molar-refractivity contribution in [1.29, 1.82) is 0 Å². The lowest BCUT2D eigenvalue weighted by atomic mass is 9.73. The Morgan fingerprint density at radius 3 is 2.95 bits per heavy atom. The minimum atomic E-state index is -0.410. The molecule has 1 saturated carbocycles. The van der Waals surface area contributed by atoms with Gasteiger partial charge in [-0.05, 0) is 31.4 Å². The second-order valence-corrected chi connectivity index (χ2v) is 5.54. The minimum absolute atomic E-state index is 0.295. The van der Waals surface area contributed by atoms with Gasteiger partial charge in [-0.25, -0.2) is 0 Å². The molecule has 102 valence electrons. The molecule has 2 aromatic heterocycles. The highest BCUT2D eigenvalue weighted by molar-refractivity contribution is 5.94. The number of amides is 1. The zero-order chi connectivity index (χ0) is 13.9. The van der Waals surface area contributed by atoms with Crippen LogP contribution < -0.4 is 10.5 Å². The van der Waals surface area contributed by atoms with Crippen molar-refractivity contribution in [2.24, 2.45) is 12.8 Å². The summed E-state index contributed by atoms with van der Waals surface area (Å²) >= 11 is 0. The molecule has 5 heteroatoms. The van der Waals surface area contributed by atoms with Crippen molar-refractivity contribution in [1.82, 2.24) is 9.55 Å². The molecule has 2 N–H and O–H groups in total. The van der Waals surface area contributed by atoms with Crippen molar-refractivity contribution < 1.29 is 9.53 Å². The van der Waals surface area contributed by atoms with E-state index < -0.39 is 5.91 Å². The summed E-state index contributed by atoms with van der Waals surface area (Å²) in [6, 6.07) is 3.81. The molecule has 1 aliphatic carbocycles. The summed E-state index contributed by atoms with van der Waals surface area (Å²) in [5.41, 5.74) is 8.80. The van der Waals surface area contributed by atoms with Gasteiger partial charge in [0.2, 0.25) is 0 Å². The fourth-order valence-electron chi connectivity index (χ4n) is 3.30. The number of carbonyl (C=O) groups excluding carboxylic acids is 1. The number of fused-ring (bicyclic) bond motifs is 4. The van der Waals surface area contributed by atoms with Crippen LogP contribution in [0.25, 0.3) is 11.3 Å². The van der Waals surface area contributed by atoms with Gasteiger partial charge in [-0.15, -0.1) is 0 Å². The zero-order valence-corrected chi connectivity index (χ0v) is 11.2. The highest BCUT2D eigenvalue weighted by Gasteiger charge is 2.47. The number of rotatable bonds is 1. The monoisotopic (exact) mass is 269 g/mol. The molecule has 0 bridgehead atoms. The third-order valence-corrected chi connectivity index (χ3v) is 4.48. The molecule has 3 heterocycles. The first-order chi connectivity index (χ1) is 9.62. The van der Waals surface area contributed by atoms with Gasteiger partial charge in [-0.1, -0.05) is 0 Å². The first kappa shape index (κ1) is 11.5. The standard InChI is InChI=1S/C15H15N3O2/c1-18-11(14(16)19)7-10-13(18)9-3-6-17-8-12(9)20-15(10)4-2-5-15/h3,6-8H,2,4-5H2,1H3,(H2,16,19). The van der Waals surface area contributed by atoms with E-state index in [0.717, 1.165) is 41.8 Å². The van der Waals surface area contributed by atoms with Gasteiger partial charge < -0.3 is 15.0 Å². The van der Waals surface area contributed by atoms with E-state index in [9.17, 15) is 4.79 Å². The summed E-state index contributed by atoms with van der Waals surface area (Å²) in [6.07, 6.45) is 6.56. The van der Waals surface area contributed by atoms with Crippen molar-refractivity contribution in [3.8, 4) is 17.0 Å². The molecule has 2 aromatic rings. The fourth-order valence-corrected chi connectivity index (χ4v) is 3.30. The van der Waals surface area contributed by atoms with Gasteiger partial charge in [0, 0.05) is 24.4 Å². The number of aromatic nitrogens is 2. The Hall–Kier alpha value is -2.30. The number of ether oxygens (including phenoxy) is 1. The molecule has 5 nitrogen and oxygen atoms in total. The van der Waals surface area contributed by atoms with E-state index in [0.29, 0.717) is 5.69 Å². The van der Waals surface area contributed by atoms with E-state index in [1.54, 1.807) is 12.4 Å². The Balaban J connectivity index is 2.04. The van der Waals surface area contributed by atoms with Gasteiger partial charge >= 0.3 is 0 Å². The maximum atomic E-state index is 11.6. The van der Waals surface area contributed by atoms with Crippen molar-refractivity contribution in [2.75, 3.05) is 0 Å². The summed E-state index contributed by atoms with van der Waals surface area (Å²) in [4.78, 5) is 15.8. The predicted molar refractivity (Wildman–Crippen MR) is 73.3 cm³/mol. The molecular weight excluding hydrogens is 254 g/mol. The molecule has 20 heavy (non-hydrogen) atoms. The summed E-state index contributed by atoms with van der Waals surface area (Å²) < 4.78 is 8.08. The molecule has 1 aliphatic heterocycles. The highest BCUT2D eigenvalue weighted by Crippen LogP contribution is 2.54. The summed E-state index contributed by atoms with van der Waals surface area (Å²) in [7, 11) is 1.88. The zero-order valence-electron chi connectivity index (χ0n) is 11.2. The van der Waals surface area contributed by atoms with E-state index in [-0.39, 0.29) is 5.60 Å². The molecule has 0 atom stereocenters. The lowest BCUT2D eigenvalue weighted by molar-refractivity contribution is -0.0147. The summed E-state index contributed by atoms with van der Waals surface area (Å²) in [6.45, 7) is 0. The molecule has 1 fully saturated rings. The first-order valence-corrected chi connectivity index (χ1v) is 6.76. The van der Waals surface area contributed by atoms with Gasteiger partial charge in [-0.3, -0.25) is 9.78 Å². The third-order valence-electron chi connectivity index (χ3n) is 4.48. The molecule has 0 unspecified atom stereocenters. The number of nitrogens with two attached hydrogens (primary N) is 1. The fraction of sp³-hybridized carbons (Fsp3) is 0.333. The van der Waals surface area contributed by atoms with E-state index in [1.807, 2.05) is 23.7 Å². The lowest BCUT2D eigenvalue weighted by Crippen LogP contribution is -2.42. The largest absolute Gasteiger partial charge is 0.480 e. The SMILES string of the molecule is Cn1c(C(N)=O)cc2c1-c1ccncc1OC21CCC1. The maximum absolute atomic E-state index is 11.6. The van der Waals surface area contributed by atoms with E-state index >= 15 is 0 Å². The molecule has 0 saturated heterocycles. The Morgan fingerprint density at radius 1 is 1.50 bits per heavy atom. The molecule has 0 aromatic carbocycles. The Bertz CT molecular complexity index is 729. The van der Waals surface area contributed by atoms with Crippen LogP contribution in [-0.4, -0.2) is 15.5 Å². The van der Waals surface area contributed by atoms with Gasteiger partial charge in [0.25, 0.3) is 5.91 Å². The van der Waals surface area contributed by atoms with Crippen molar-refractivity contribution in [3.63, 3.8) is 0 Å². The van der Waals surface area contributed by atoms with E-state index in [1.165, 1.54) is 0 Å². The van der Waals surface area contributed by atoms with Crippen LogP contribution in [0.5, 0.6) is 5.75 Å². The lowest BCUT2D eigenvalue weighted by Gasteiger charge is -2.45. The summed E-state index contributed by atoms with van der Waals surface area (Å²) in [5.74, 6) is 0.379. The normalized spacial score (nSPS) is 17.9. The van der Waals surface area contributed by atoms with Crippen LogP contribution in [0.3, 0.4) is 0 Å². The molecule has 1 amide bonds. The number of carbonyl (C=O) groups is 1. The second kappa shape index (κ2) is 3.62. The van der Waals surface area contributed by atoms with Gasteiger partial charge in [-0.2, -0.15) is 0 Å². The molecule has 1 spiro atoms. The average Bonchev–Trinajstić information content (AvgIpc) is 2.75. The molecule has 4 rings (SSSR count). The van der Waals surface area contributed by atoms with Crippen molar-refractivity contribution in [2.45, 2.75) is 24.9 Å². The Kier molecular flexibility index (Phi) is 2.09. The predicted octanol–water partition coefficient (Wildman–Crippen LogP) is 1.96. The van der Waals surface area contributed by atoms with Crippen LogP contribution in [0.1, 0.15) is 35.3 Å². The maximum Gasteiger partial charge on any atom is 0.265 e. The van der Waals surface area contributed by atoms with Gasteiger partial charge in [0.15, 0.2) is 0 Å². The highest BCUT2D eigenvalue weighted by atomic mass is 16.5.